The van der Waals surface area contributed by atoms with Gasteiger partial charge in [-0.3, -0.25) is 4.79 Å². The van der Waals surface area contributed by atoms with Gasteiger partial charge in [-0.15, -0.1) is 0 Å². The number of benzene rings is 1. The molecule has 0 fully saturated rings. The Morgan fingerprint density at radius 2 is 1.83 bits per heavy atom. The van der Waals surface area contributed by atoms with Crippen LogP contribution >= 0.6 is 11.6 Å². The average molecular weight is 270 g/mol. The second-order valence-electron chi connectivity index (χ2n) is 4.50. The number of hydrogen-bond acceptors (Lipinski definition) is 2. The summed E-state index contributed by atoms with van der Waals surface area (Å²) in [6.45, 7) is 3.89. The lowest BCUT2D eigenvalue weighted by Gasteiger charge is -2.30. The molecule has 0 spiro atoms. The van der Waals surface area contributed by atoms with Gasteiger partial charge in [0.2, 0.25) is 5.91 Å². The normalized spacial score (nSPS) is 11.3. The number of aliphatic hydroxyl groups is 1. The molecule has 0 aliphatic carbocycles. The van der Waals surface area contributed by atoms with Crippen molar-refractivity contribution in [1.29, 1.82) is 0 Å². The van der Waals surface area contributed by atoms with Gasteiger partial charge in [0.05, 0.1) is 18.6 Å². The van der Waals surface area contributed by atoms with Crippen molar-refractivity contribution in [2.45, 2.75) is 38.6 Å². The van der Waals surface area contributed by atoms with Crippen LogP contribution in [0.2, 0.25) is 5.02 Å². The average Bonchev–Trinajstić information content (AvgIpc) is 2.39. The molecule has 0 atom stereocenters. The highest BCUT2D eigenvalue weighted by atomic mass is 35.5. The molecule has 0 heterocycles. The number of rotatable bonds is 6. The fourth-order valence-electron chi connectivity index (χ4n) is 1.82. The van der Waals surface area contributed by atoms with Gasteiger partial charge in [0, 0.05) is 5.02 Å². The highest BCUT2D eigenvalue weighted by molar-refractivity contribution is 6.30. The predicted molar refractivity (Wildman–Crippen MR) is 73.7 cm³/mol. The maximum atomic E-state index is 11.9. The lowest BCUT2D eigenvalue weighted by Crippen LogP contribution is -2.51. The molecule has 0 aliphatic heterocycles. The van der Waals surface area contributed by atoms with Crippen molar-refractivity contribution in [3.63, 3.8) is 0 Å². The first-order chi connectivity index (χ1) is 8.55. The summed E-state index contributed by atoms with van der Waals surface area (Å²) in [5.41, 5.74) is 0.416. The van der Waals surface area contributed by atoms with E-state index in [1.54, 1.807) is 12.1 Å². The molecule has 2 N–H and O–H groups in total. The molecule has 0 aliphatic rings. The quantitative estimate of drug-likeness (QED) is 0.834. The van der Waals surface area contributed by atoms with Crippen LogP contribution in [-0.4, -0.2) is 23.2 Å². The summed E-state index contributed by atoms with van der Waals surface area (Å²) in [6.07, 6.45) is 1.73. The number of hydrogen-bond donors (Lipinski definition) is 2. The smallest absolute Gasteiger partial charge is 0.224 e. The van der Waals surface area contributed by atoms with E-state index in [1.807, 2.05) is 26.0 Å². The molecule has 1 aromatic rings. The zero-order valence-electron chi connectivity index (χ0n) is 10.9. The van der Waals surface area contributed by atoms with Crippen LogP contribution in [0.15, 0.2) is 24.3 Å². The lowest BCUT2D eigenvalue weighted by molar-refractivity contribution is -0.123. The van der Waals surface area contributed by atoms with Crippen LogP contribution in [0.5, 0.6) is 0 Å². The number of amides is 1. The standard InChI is InChI=1S/C14H20ClNO2/c1-3-14(4-2,10-17)16-13(18)9-11-5-7-12(15)8-6-11/h5-8,17H,3-4,9-10H2,1-2H3,(H,16,18). The molecule has 1 amide bonds. The van der Waals surface area contributed by atoms with Crippen LogP contribution in [-0.2, 0) is 11.2 Å². The third-order valence-corrected chi connectivity index (χ3v) is 3.59. The Labute approximate surface area is 113 Å². The summed E-state index contributed by atoms with van der Waals surface area (Å²) in [6, 6.07) is 7.20. The molecule has 0 radical (unpaired) electrons. The predicted octanol–water partition coefficient (Wildman–Crippen LogP) is 2.55. The molecule has 0 aromatic heterocycles. The second-order valence-corrected chi connectivity index (χ2v) is 4.93. The van der Waals surface area contributed by atoms with E-state index in [-0.39, 0.29) is 12.5 Å². The molecule has 0 saturated heterocycles. The zero-order valence-corrected chi connectivity index (χ0v) is 11.6. The van der Waals surface area contributed by atoms with Crippen molar-refractivity contribution in [1.82, 2.24) is 5.32 Å². The van der Waals surface area contributed by atoms with E-state index in [9.17, 15) is 9.90 Å². The summed E-state index contributed by atoms with van der Waals surface area (Å²) in [4.78, 5) is 11.9. The maximum absolute atomic E-state index is 11.9. The number of nitrogens with one attached hydrogen (secondary N) is 1. The first kappa shape index (κ1) is 15.0. The monoisotopic (exact) mass is 269 g/mol. The van der Waals surface area contributed by atoms with Crippen molar-refractivity contribution in [3.8, 4) is 0 Å². The first-order valence-corrected chi connectivity index (χ1v) is 6.59. The maximum Gasteiger partial charge on any atom is 0.224 e. The van der Waals surface area contributed by atoms with Crippen molar-refractivity contribution in [2.24, 2.45) is 0 Å². The highest BCUT2D eigenvalue weighted by Crippen LogP contribution is 2.15. The molecule has 18 heavy (non-hydrogen) atoms. The second kappa shape index (κ2) is 6.76. The van der Waals surface area contributed by atoms with E-state index in [0.29, 0.717) is 24.3 Å². The van der Waals surface area contributed by atoms with Gasteiger partial charge in [0.15, 0.2) is 0 Å². The van der Waals surface area contributed by atoms with Crippen molar-refractivity contribution in [3.05, 3.63) is 34.9 Å². The first-order valence-electron chi connectivity index (χ1n) is 6.21. The molecule has 1 rings (SSSR count). The van der Waals surface area contributed by atoms with Crippen molar-refractivity contribution < 1.29 is 9.90 Å². The van der Waals surface area contributed by atoms with Gasteiger partial charge in [0.25, 0.3) is 0 Å². The largest absolute Gasteiger partial charge is 0.394 e. The van der Waals surface area contributed by atoms with Gasteiger partial charge in [-0.25, -0.2) is 0 Å². The Balaban J connectivity index is 2.63. The van der Waals surface area contributed by atoms with Gasteiger partial charge >= 0.3 is 0 Å². The fraction of sp³-hybridized carbons (Fsp3) is 0.500. The minimum absolute atomic E-state index is 0.0354. The summed E-state index contributed by atoms with van der Waals surface area (Å²) < 4.78 is 0. The van der Waals surface area contributed by atoms with E-state index >= 15 is 0 Å². The Kier molecular flexibility index (Phi) is 5.63. The van der Waals surface area contributed by atoms with E-state index < -0.39 is 5.54 Å². The summed E-state index contributed by atoms with van der Waals surface area (Å²) in [5.74, 6) is -0.0740. The Bertz CT molecular complexity index is 377. The summed E-state index contributed by atoms with van der Waals surface area (Å²) in [5, 5.41) is 13.0. The van der Waals surface area contributed by atoms with Gasteiger partial charge in [-0.2, -0.15) is 0 Å². The minimum atomic E-state index is -0.497. The molecular weight excluding hydrogens is 250 g/mol. The molecule has 0 unspecified atom stereocenters. The van der Waals surface area contributed by atoms with E-state index in [1.165, 1.54) is 0 Å². The molecule has 3 nitrogen and oxygen atoms in total. The number of carbonyl (C=O) groups is 1. The topological polar surface area (TPSA) is 49.3 Å². The van der Waals surface area contributed by atoms with Crippen LogP contribution in [0.4, 0.5) is 0 Å². The SMILES string of the molecule is CCC(CC)(CO)NC(=O)Cc1ccc(Cl)cc1. The third-order valence-electron chi connectivity index (χ3n) is 3.34. The zero-order chi connectivity index (χ0) is 13.6. The third kappa shape index (κ3) is 4.00. The summed E-state index contributed by atoms with van der Waals surface area (Å²) >= 11 is 5.79. The number of aliphatic hydroxyl groups excluding tert-OH is 1. The molecular formula is C14H20ClNO2. The molecule has 1 aromatic carbocycles. The summed E-state index contributed by atoms with van der Waals surface area (Å²) in [7, 11) is 0. The highest BCUT2D eigenvalue weighted by Gasteiger charge is 2.26. The Morgan fingerprint density at radius 3 is 2.28 bits per heavy atom. The van der Waals surface area contributed by atoms with E-state index in [2.05, 4.69) is 5.32 Å². The van der Waals surface area contributed by atoms with Crippen LogP contribution in [0.3, 0.4) is 0 Å². The molecule has 100 valence electrons. The van der Waals surface area contributed by atoms with Crippen LogP contribution in [0.1, 0.15) is 32.3 Å². The van der Waals surface area contributed by atoms with Crippen molar-refractivity contribution >= 4 is 17.5 Å². The number of carbonyl (C=O) groups excluding carboxylic acids is 1. The van der Waals surface area contributed by atoms with E-state index in [4.69, 9.17) is 11.6 Å². The lowest BCUT2D eigenvalue weighted by atomic mass is 9.93. The molecule has 0 saturated carbocycles. The minimum Gasteiger partial charge on any atom is -0.394 e. The Hall–Kier alpha value is -1.06. The Morgan fingerprint density at radius 1 is 1.28 bits per heavy atom. The van der Waals surface area contributed by atoms with Gasteiger partial charge in [-0.1, -0.05) is 37.6 Å². The fourth-order valence-corrected chi connectivity index (χ4v) is 1.94. The van der Waals surface area contributed by atoms with Crippen molar-refractivity contribution in [2.75, 3.05) is 6.61 Å². The van der Waals surface area contributed by atoms with Crippen LogP contribution in [0.25, 0.3) is 0 Å². The van der Waals surface area contributed by atoms with Gasteiger partial charge in [-0.05, 0) is 30.5 Å². The van der Waals surface area contributed by atoms with Crippen LogP contribution < -0.4 is 5.32 Å². The number of halogens is 1. The molecule has 4 heteroatoms. The molecule has 0 bridgehead atoms. The van der Waals surface area contributed by atoms with Gasteiger partial charge in [0.1, 0.15) is 0 Å². The van der Waals surface area contributed by atoms with Gasteiger partial charge < -0.3 is 10.4 Å². The van der Waals surface area contributed by atoms with Crippen LogP contribution in [0, 0.1) is 0 Å². The van der Waals surface area contributed by atoms with E-state index in [0.717, 1.165) is 5.56 Å².